The van der Waals surface area contributed by atoms with Crippen molar-refractivity contribution < 1.29 is 5.11 Å². The Labute approximate surface area is 198 Å². The predicted molar refractivity (Wildman–Crippen MR) is 150 cm³/mol. The first-order valence-electron chi connectivity index (χ1n) is 11.9. The lowest BCUT2D eigenvalue weighted by atomic mass is 10.3. The predicted octanol–water partition coefficient (Wildman–Crippen LogP) is 5.42. The standard InChI is InChI=1S/C28H40OSi3/c1-30(2,24-16-10-7-11-17-24)27(29)22-23-28(31(3,4)25-18-12-8-13-19-25)32(5,6)26-20-14-9-15-21-26/h7-21,27-29H,22-23H2,1-6H3. The van der Waals surface area contributed by atoms with Crippen LogP contribution < -0.4 is 15.6 Å². The lowest BCUT2D eigenvalue weighted by Crippen LogP contribution is -2.60. The molecule has 0 aliphatic carbocycles. The van der Waals surface area contributed by atoms with Crippen LogP contribution in [0.2, 0.25) is 44.4 Å². The van der Waals surface area contributed by atoms with Crippen molar-refractivity contribution in [2.75, 3.05) is 0 Å². The van der Waals surface area contributed by atoms with Crippen LogP contribution in [0.25, 0.3) is 0 Å². The Morgan fingerprint density at radius 1 is 0.500 bits per heavy atom. The Bertz CT molecular complexity index is 918. The van der Waals surface area contributed by atoms with E-state index in [9.17, 15) is 5.11 Å². The van der Waals surface area contributed by atoms with E-state index in [2.05, 4.69) is 130 Å². The summed E-state index contributed by atoms with van der Waals surface area (Å²) in [5.41, 5.74) is -0.228. The summed E-state index contributed by atoms with van der Waals surface area (Å²) in [5, 5.41) is 16.5. The molecule has 32 heavy (non-hydrogen) atoms. The minimum Gasteiger partial charge on any atom is -0.396 e. The van der Waals surface area contributed by atoms with Gasteiger partial charge in [0.1, 0.15) is 8.07 Å². The minimum absolute atomic E-state index is 0.228. The first kappa shape index (κ1) is 24.9. The zero-order valence-electron chi connectivity index (χ0n) is 20.7. The van der Waals surface area contributed by atoms with Gasteiger partial charge in [0.2, 0.25) is 0 Å². The van der Waals surface area contributed by atoms with Gasteiger partial charge in [-0.1, -0.05) is 152 Å². The smallest absolute Gasteiger partial charge is 0.113 e. The summed E-state index contributed by atoms with van der Waals surface area (Å²) in [4.78, 5) is 0. The van der Waals surface area contributed by atoms with Crippen LogP contribution in [-0.4, -0.2) is 35.1 Å². The molecule has 1 unspecified atom stereocenters. The largest absolute Gasteiger partial charge is 0.396 e. The molecule has 0 spiro atoms. The number of benzene rings is 3. The van der Waals surface area contributed by atoms with E-state index in [-0.39, 0.29) is 5.73 Å². The van der Waals surface area contributed by atoms with Crippen molar-refractivity contribution in [1.29, 1.82) is 0 Å². The molecule has 170 valence electrons. The summed E-state index contributed by atoms with van der Waals surface area (Å²) in [6, 6.07) is 33.1. The highest BCUT2D eigenvalue weighted by Crippen LogP contribution is 2.37. The topological polar surface area (TPSA) is 20.2 Å². The highest BCUT2D eigenvalue weighted by Gasteiger charge is 2.46. The third-order valence-electron chi connectivity index (χ3n) is 7.86. The SMILES string of the molecule is C[Si](C)(c1ccccc1)C(O)CCC([Si](C)(C)c1ccccc1)[Si](C)(C)c1ccccc1. The molecular weight excluding hydrogens is 437 g/mol. The first-order chi connectivity index (χ1) is 15.1. The molecular formula is C28H40OSi3. The van der Waals surface area contributed by atoms with Crippen molar-refractivity contribution in [3.05, 3.63) is 91.0 Å². The molecule has 3 aromatic rings. The number of rotatable bonds is 9. The Balaban J connectivity index is 1.93. The van der Waals surface area contributed by atoms with Crippen LogP contribution in [-0.2, 0) is 0 Å². The maximum Gasteiger partial charge on any atom is 0.113 e. The van der Waals surface area contributed by atoms with Gasteiger partial charge in [0.05, 0.1) is 16.1 Å². The fraction of sp³-hybridized carbons (Fsp3) is 0.357. The molecule has 1 nitrogen and oxygen atoms in total. The maximum atomic E-state index is 11.4. The van der Waals surface area contributed by atoms with Gasteiger partial charge in [0.25, 0.3) is 0 Å². The van der Waals surface area contributed by atoms with Gasteiger partial charge in [-0.05, 0) is 11.6 Å². The highest BCUT2D eigenvalue weighted by atomic mass is 28.4. The summed E-state index contributed by atoms with van der Waals surface area (Å²) in [6.07, 6.45) is 2.00. The molecule has 1 atom stereocenters. The Hall–Kier alpha value is -1.73. The fourth-order valence-electron chi connectivity index (χ4n) is 5.51. The second kappa shape index (κ2) is 10.0. The van der Waals surface area contributed by atoms with E-state index in [0.29, 0.717) is 5.16 Å². The van der Waals surface area contributed by atoms with E-state index in [0.717, 1.165) is 12.8 Å². The zero-order valence-corrected chi connectivity index (χ0v) is 23.7. The average molecular weight is 477 g/mol. The van der Waals surface area contributed by atoms with Gasteiger partial charge in [-0.25, -0.2) is 0 Å². The summed E-state index contributed by atoms with van der Waals surface area (Å²) in [6.45, 7) is 14.9. The third-order valence-corrected chi connectivity index (χ3v) is 23.7. The summed E-state index contributed by atoms with van der Waals surface area (Å²) >= 11 is 0. The number of hydrogen-bond donors (Lipinski definition) is 1. The van der Waals surface area contributed by atoms with Crippen molar-refractivity contribution in [2.45, 2.75) is 63.0 Å². The average Bonchev–Trinajstić information content (AvgIpc) is 2.80. The molecule has 0 saturated carbocycles. The van der Waals surface area contributed by atoms with E-state index in [1.54, 1.807) is 0 Å². The van der Waals surface area contributed by atoms with Gasteiger partial charge >= 0.3 is 0 Å². The fourth-order valence-corrected chi connectivity index (χ4v) is 20.7. The van der Waals surface area contributed by atoms with Crippen molar-refractivity contribution in [1.82, 2.24) is 0 Å². The lowest BCUT2D eigenvalue weighted by Gasteiger charge is -2.44. The minimum atomic E-state index is -1.94. The van der Waals surface area contributed by atoms with E-state index >= 15 is 0 Å². The van der Waals surface area contributed by atoms with Gasteiger partial charge < -0.3 is 5.11 Å². The maximum absolute atomic E-state index is 11.4. The monoisotopic (exact) mass is 476 g/mol. The molecule has 0 heterocycles. The normalized spacial score (nSPS) is 13.9. The Morgan fingerprint density at radius 3 is 1.16 bits per heavy atom. The van der Waals surface area contributed by atoms with Crippen LogP contribution in [0.1, 0.15) is 12.8 Å². The molecule has 4 heteroatoms. The van der Waals surface area contributed by atoms with Crippen molar-refractivity contribution in [2.24, 2.45) is 0 Å². The van der Waals surface area contributed by atoms with Crippen molar-refractivity contribution in [3.63, 3.8) is 0 Å². The van der Waals surface area contributed by atoms with Crippen LogP contribution in [0.4, 0.5) is 0 Å². The molecule has 0 aromatic heterocycles. The molecule has 1 N–H and O–H groups in total. The van der Waals surface area contributed by atoms with E-state index < -0.39 is 24.2 Å². The van der Waals surface area contributed by atoms with Crippen LogP contribution in [0.15, 0.2) is 91.0 Å². The van der Waals surface area contributed by atoms with Crippen LogP contribution in [0, 0.1) is 0 Å². The van der Waals surface area contributed by atoms with E-state index in [1.165, 1.54) is 15.6 Å². The van der Waals surface area contributed by atoms with Crippen LogP contribution in [0.5, 0.6) is 0 Å². The van der Waals surface area contributed by atoms with Gasteiger partial charge in [-0.15, -0.1) is 0 Å². The molecule has 0 fully saturated rings. The molecule has 0 radical (unpaired) electrons. The number of aliphatic hydroxyl groups excluding tert-OH is 1. The summed E-state index contributed by atoms with van der Waals surface area (Å²) in [5.74, 6) is 0. The summed E-state index contributed by atoms with van der Waals surface area (Å²) in [7, 11) is -5.47. The first-order valence-corrected chi connectivity index (χ1v) is 21.2. The zero-order chi connectivity index (χ0) is 23.4. The molecule has 3 rings (SSSR count). The van der Waals surface area contributed by atoms with Crippen LogP contribution >= 0.6 is 0 Å². The molecule has 0 bridgehead atoms. The van der Waals surface area contributed by atoms with Gasteiger partial charge in [-0.3, -0.25) is 0 Å². The third kappa shape index (κ3) is 5.25. The molecule has 0 saturated heterocycles. The quantitative estimate of drug-likeness (QED) is 0.409. The lowest BCUT2D eigenvalue weighted by molar-refractivity contribution is 0.232. The summed E-state index contributed by atoms with van der Waals surface area (Å²) < 4.78 is 0. The van der Waals surface area contributed by atoms with Gasteiger partial charge in [0, 0.05) is 5.73 Å². The van der Waals surface area contributed by atoms with E-state index in [4.69, 9.17) is 0 Å². The second-order valence-electron chi connectivity index (χ2n) is 10.9. The Morgan fingerprint density at radius 2 is 0.812 bits per heavy atom. The number of hydrogen-bond acceptors (Lipinski definition) is 1. The number of aliphatic hydroxyl groups is 1. The Kier molecular flexibility index (Phi) is 7.81. The van der Waals surface area contributed by atoms with Crippen molar-refractivity contribution in [3.8, 4) is 0 Å². The van der Waals surface area contributed by atoms with Crippen LogP contribution in [0.3, 0.4) is 0 Å². The van der Waals surface area contributed by atoms with Crippen molar-refractivity contribution >= 4 is 39.8 Å². The van der Waals surface area contributed by atoms with Gasteiger partial charge in [-0.2, -0.15) is 0 Å². The van der Waals surface area contributed by atoms with Gasteiger partial charge in [0.15, 0.2) is 0 Å². The van der Waals surface area contributed by atoms with E-state index in [1.807, 2.05) is 0 Å². The second-order valence-corrected chi connectivity index (χ2v) is 25.6. The molecule has 0 aliphatic heterocycles. The molecule has 0 aliphatic rings. The molecule has 3 aromatic carbocycles. The molecule has 0 amide bonds. The highest BCUT2D eigenvalue weighted by molar-refractivity contribution is 7.08.